The summed E-state index contributed by atoms with van der Waals surface area (Å²) in [5.74, 6) is -1.19. The fraction of sp³-hybridized carbons (Fsp3) is 0.538. The number of nitrogens with zero attached hydrogens (tertiary/aromatic N) is 5. The van der Waals surface area contributed by atoms with Gasteiger partial charge in [0.2, 0.25) is 6.23 Å². The van der Waals surface area contributed by atoms with Crippen LogP contribution in [0.25, 0.3) is 11.2 Å². The lowest BCUT2D eigenvalue weighted by molar-refractivity contribution is -0.645. The molecule has 0 bridgehead atoms. The van der Waals surface area contributed by atoms with Gasteiger partial charge in [0.25, 0.3) is 0 Å². The van der Waals surface area contributed by atoms with Crippen LogP contribution in [-0.4, -0.2) is 76.4 Å². The van der Waals surface area contributed by atoms with Crippen LogP contribution in [0.2, 0.25) is 0 Å². The van der Waals surface area contributed by atoms with E-state index in [9.17, 15) is 30.2 Å². The highest BCUT2D eigenvalue weighted by Crippen LogP contribution is 2.41. The van der Waals surface area contributed by atoms with Crippen molar-refractivity contribution >= 4 is 23.0 Å². The minimum absolute atomic E-state index is 0.0220. The predicted octanol–water partition coefficient (Wildman–Crippen LogP) is -2.44. The maximum atomic E-state index is 11.7. The van der Waals surface area contributed by atoms with Gasteiger partial charge in [-0.05, 0) is 6.92 Å². The summed E-state index contributed by atoms with van der Waals surface area (Å²) in [4.78, 5) is 33.6. The van der Waals surface area contributed by atoms with E-state index in [0.717, 1.165) is 17.2 Å². The molecule has 0 amide bonds. The van der Waals surface area contributed by atoms with Crippen molar-refractivity contribution in [3.05, 3.63) is 22.8 Å². The molecule has 3 rings (SSSR count). The Labute approximate surface area is 150 Å². The molecule has 5 N–H and O–H groups in total. The quantitative estimate of drug-likeness (QED) is 0.183. The van der Waals surface area contributed by atoms with Crippen molar-refractivity contribution in [2.24, 2.45) is 0 Å². The maximum absolute atomic E-state index is 11.7. The lowest BCUT2D eigenvalue weighted by Gasteiger charge is -2.22. The molecule has 14 heteroatoms. The Morgan fingerprint density at radius 3 is 2.89 bits per heavy atom. The van der Waals surface area contributed by atoms with E-state index in [1.165, 1.54) is 6.92 Å². The number of esters is 1. The third-order valence-corrected chi connectivity index (χ3v) is 4.17. The van der Waals surface area contributed by atoms with Crippen molar-refractivity contribution in [2.45, 2.75) is 37.2 Å². The van der Waals surface area contributed by atoms with E-state index in [4.69, 9.17) is 10.5 Å². The van der Waals surface area contributed by atoms with Crippen LogP contribution in [0.15, 0.2) is 12.7 Å². The molecule has 1 aliphatic heterocycles. The van der Waals surface area contributed by atoms with Gasteiger partial charge >= 0.3 is 11.7 Å². The van der Waals surface area contributed by atoms with Gasteiger partial charge in [0.15, 0.2) is 23.7 Å². The van der Waals surface area contributed by atoms with Crippen molar-refractivity contribution in [3.63, 3.8) is 0 Å². The molecule has 0 aliphatic carbocycles. The van der Waals surface area contributed by atoms with E-state index in [1.807, 2.05) is 0 Å². The molecule has 0 spiro atoms. The lowest BCUT2D eigenvalue weighted by Crippen LogP contribution is -2.55. The molecule has 0 saturated carbocycles. The second-order valence-corrected chi connectivity index (χ2v) is 5.72. The zero-order valence-corrected chi connectivity index (χ0v) is 13.9. The first-order valence-electron chi connectivity index (χ1n) is 7.71. The molecule has 1 fully saturated rings. The number of ether oxygens (including phenoxy) is 2. The first-order valence-corrected chi connectivity index (χ1v) is 7.71. The van der Waals surface area contributed by atoms with Gasteiger partial charge < -0.3 is 30.5 Å². The van der Waals surface area contributed by atoms with E-state index < -0.39 is 41.2 Å². The van der Waals surface area contributed by atoms with E-state index in [-0.39, 0.29) is 23.6 Å². The van der Waals surface area contributed by atoms with Crippen molar-refractivity contribution in [2.75, 3.05) is 12.3 Å². The highest BCUT2D eigenvalue weighted by atomic mass is 16.7. The molecule has 1 unspecified atom stereocenters. The number of imidazole rings is 1. The van der Waals surface area contributed by atoms with Gasteiger partial charge in [-0.25, -0.2) is 19.7 Å². The average Bonchev–Trinajstić information content (AvgIpc) is 3.16. The number of carbonyl (C=O) groups excluding carboxylic acids is 1. The fourth-order valence-corrected chi connectivity index (χ4v) is 2.83. The third-order valence-electron chi connectivity index (χ3n) is 4.17. The molecular weight excluding hydrogens is 368 g/mol. The lowest BCUT2D eigenvalue weighted by atomic mass is 10.0. The summed E-state index contributed by atoms with van der Waals surface area (Å²) >= 11 is 0. The minimum atomic E-state index is -3.12. The molecule has 2 aromatic rings. The van der Waals surface area contributed by atoms with Crippen molar-refractivity contribution in [1.29, 1.82) is 0 Å². The monoisotopic (exact) mass is 384 g/mol. The number of nitro groups is 1. The zero-order chi connectivity index (χ0) is 19.9. The zero-order valence-electron chi connectivity index (χ0n) is 13.9. The Bertz CT molecular complexity index is 889. The highest BCUT2D eigenvalue weighted by Gasteiger charge is 2.69. The van der Waals surface area contributed by atoms with E-state index in [1.54, 1.807) is 0 Å². The van der Waals surface area contributed by atoms with Crippen molar-refractivity contribution in [1.82, 2.24) is 19.5 Å². The second kappa shape index (κ2) is 6.66. The molecule has 146 valence electrons. The largest absolute Gasteiger partial charge is 0.464 e. The Morgan fingerprint density at radius 2 is 2.26 bits per heavy atom. The molecule has 27 heavy (non-hydrogen) atoms. The number of hydrogen-bond donors (Lipinski definition) is 4. The summed E-state index contributed by atoms with van der Waals surface area (Å²) in [5, 5.41) is 42.4. The van der Waals surface area contributed by atoms with Gasteiger partial charge in [0.05, 0.1) is 17.9 Å². The van der Waals surface area contributed by atoms with E-state index in [0.29, 0.717) is 0 Å². The summed E-state index contributed by atoms with van der Waals surface area (Å²) in [5.41, 5.74) is 2.59. The molecule has 1 aliphatic rings. The molecule has 5 atom stereocenters. The SMILES string of the molecule is CCOC(=O)C(O)[C@H]1O[C@@H](n2cnc3c(N)ncnc32)[C@@](O)([N+](=O)[O-])[C@@H]1O. The second-order valence-electron chi connectivity index (χ2n) is 5.72. The van der Waals surface area contributed by atoms with Gasteiger partial charge in [-0.1, -0.05) is 0 Å². The van der Waals surface area contributed by atoms with Crippen LogP contribution in [0.1, 0.15) is 13.2 Å². The number of hydrogen-bond acceptors (Lipinski definition) is 12. The van der Waals surface area contributed by atoms with Gasteiger partial charge in [0.1, 0.15) is 17.9 Å². The molecule has 0 radical (unpaired) electrons. The maximum Gasteiger partial charge on any atom is 0.396 e. The molecule has 0 aromatic carbocycles. The van der Waals surface area contributed by atoms with Crippen LogP contribution in [0.3, 0.4) is 0 Å². The fourth-order valence-electron chi connectivity index (χ4n) is 2.83. The summed E-state index contributed by atoms with van der Waals surface area (Å²) in [7, 11) is 0. The van der Waals surface area contributed by atoms with Gasteiger partial charge in [-0.3, -0.25) is 14.7 Å². The number of nitrogens with two attached hydrogens (primary N) is 1. The Kier molecular flexibility index (Phi) is 4.64. The van der Waals surface area contributed by atoms with Gasteiger partial charge in [0, 0.05) is 0 Å². The van der Waals surface area contributed by atoms with E-state index >= 15 is 0 Å². The number of aliphatic hydroxyl groups is 3. The number of aliphatic hydroxyl groups excluding tert-OH is 2. The van der Waals surface area contributed by atoms with Gasteiger partial charge in [-0.15, -0.1) is 0 Å². The van der Waals surface area contributed by atoms with Crippen molar-refractivity contribution in [3.8, 4) is 0 Å². The summed E-state index contributed by atoms with van der Waals surface area (Å²) < 4.78 is 10.9. The number of nitrogen functional groups attached to an aromatic ring is 1. The van der Waals surface area contributed by atoms with E-state index in [2.05, 4.69) is 19.7 Å². The summed E-state index contributed by atoms with van der Waals surface area (Å²) in [6, 6.07) is 0. The van der Waals surface area contributed by atoms with Gasteiger partial charge in [-0.2, -0.15) is 0 Å². The van der Waals surface area contributed by atoms with Crippen LogP contribution < -0.4 is 5.73 Å². The number of carbonyl (C=O) groups is 1. The Balaban J connectivity index is 2.06. The standard InChI is InChI=1S/C13H16N6O8/c1-2-26-11(22)6(20)7-8(21)13(23,19(24)25)12(27-7)18-4-17-5-9(14)15-3-16-10(5)18/h3-4,6-8,12,20-21,23H,2H2,1H3,(H2,14,15,16)/t6?,7-,8-,12-,13-/m1/s1. The molecule has 3 heterocycles. The number of rotatable bonds is 5. The van der Waals surface area contributed by atoms with Crippen LogP contribution in [0.5, 0.6) is 0 Å². The topological polar surface area (TPSA) is 209 Å². The molecular formula is C13H16N6O8. The minimum Gasteiger partial charge on any atom is -0.464 e. The first kappa shape index (κ1) is 18.8. The average molecular weight is 384 g/mol. The van der Waals surface area contributed by atoms with Crippen LogP contribution in [0, 0.1) is 10.1 Å². The third kappa shape index (κ3) is 2.74. The molecule has 1 saturated heterocycles. The summed E-state index contributed by atoms with van der Waals surface area (Å²) in [6.07, 6.45) is -5.96. The van der Waals surface area contributed by atoms with Crippen LogP contribution >= 0.6 is 0 Å². The highest BCUT2D eigenvalue weighted by molar-refractivity contribution is 5.81. The van der Waals surface area contributed by atoms with Crippen LogP contribution in [-0.2, 0) is 14.3 Å². The number of anilines is 1. The number of aromatic nitrogens is 4. The predicted molar refractivity (Wildman–Crippen MR) is 84.2 cm³/mol. The Hall–Kier alpha value is -2.94. The normalized spacial score (nSPS) is 29.0. The Morgan fingerprint density at radius 1 is 1.56 bits per heavy atom. The number of fused-ring (bicyclic) bond motifs is 1. The van der Waals surface area contributed by atoms with Crippen LogP contribution in [0.4, 0.5) is 5.82 Å². The summed E-state index contributed by atoms with van der Waals surface area (Å²) in [6.45, 7) is 1.40. The first-order chi connectivity index (χ1) is 12.7. The smallest absolute Gasteiger partial charge is 0.396 e. The molecule has 14 nitrogen and oxygen atoms in total. The molecule has 2 aromatic heterocycles. The van der Waals surface area contributed by atoms with Crippen molar-refractivity contribution < 1.29 is 34.5 Å².